The van der Waals surface area contributed by atoms with Crippen LogP contribution in [0, 0.1) is 6.92 Å². The molecule has 1 heterocycles. The van der Waals surface area contributed by atoms with Crippen LogP contribution in [0.15, 0.2) is 52.9 Å². The van der Waals surface area contributed by atoms with Crippen molar-refractivity contribution >= 4 is 22.4 Å². The number of hydrogen-bond acceptors (Lipinski definition) is 3. The molecule has 106 valence electrons. The minimum absolute atomic E-state index is 0.0871. The maximum absolute atomic E-state index is 12.5. The van der Waals surface area contributed by atoms with Crippen LogP contribution in [-0.2, 0) is 0 Å². The zero-order valence-corrected chi connectivity index (χ0v) is 12.4. The van der Waals surface area contributed by atoms with Crippen LogP contribution in [0.1, 0.15) is 21.7 Å². The van der Waals surface area contributed by atoms with Crippen molar-refractivity contribution in [3.8, 4) is 0 Å². The predicted octanol–water partition coefficient (Wildman–Crippen LogP) is 4.04. The van der Waals surface area contributed by atoms with Gasteiger partial charge in [0.2, 0.25) is 5.78 Å². The van der Waals surface area contributed by atoms with Crippen LogP contribution in [-0.4, -0.2) is 19.9 Å². The van der Waals surface area contributed by atoms with Gasteiger partial charge in [-0.05, 0) is 42.8 Å². The Bertz CT molecular complexity index is 798. The number of hydrogen-bond donors (Lipinski definition) is 0. The molecule has 0 aliphatic rings. The van der Waals surface area contributed by atoms with E-state index in [0.717, 1.165) is 22.2 Å². The number of nitrogens with zero attached hydrogens (tertiary/aromatic N) is 1. The Morgan fingerprint density at radius 3 is 2.38 bits per heavy atom. The summed E-state index contributed by atoms with van der Waals surface area (Å²) in [4.78, 5) is 14.5. The Labute approximate surface area is 123 Å². The zero-order chi connectivity index (χ0) is 15.0. The highest BCUT2D eigenvalue weighted by molar-refractivity contribution is 6.09. The molecule has 2 aromatic carbocycles. The Morgan fingerprint density at radius 2 is 1.76 bits per heavy atom. The van der Waals surface area contributed by atoms with E-state index < -0.39 is 0 Å². The second-order valence-electron chi connectivity index (χ2n) is 5.37. The summed E-state index contributed by atoms with van der Waals surface area (Å²) in [7, 11) is 3.94. The Hall–Kier alpha value is -2.55. The van der Waals surface area contributed by atoms with E-state index in [1.165, 1.54) is 0 Å². The van der Waals surface area contributed by atoms with Crippen molar-refractivity contribution in [3.05, 3.63) is 65.4 Å². The lowest BCUT2D eigenvalue weighted by molar-refractivity contribution is 0.101. The fourth-order valence-electron chi connectivity index (χ4n) is 2.37. The van der Waals surface area contributed by atoms with Gasteiger partial charge in [-0.1, -0.05) is 18.2 Å². The SMILES string of the molecule is Cc1cccc2cc(C(=O)c3ccc(N(C)C)cc3)oc12. The summed E-state index contributed by atoms with van der Waals surface area (Å²) in [5.41, 5.74) is 3.52. The molecule has 0 radical (unpaired) electrons. The molecule has 0 bridgehead atoms. The topological polar surface area (TPSA) is 33.5 Å². The van der Waals surface area contributed by atoms with Crippen molar-refractivity contribution in [1.82, 2.24) is 0 Å². The molecule has 0 N–H and O–H groups in total. The summed E-state index contributed by atoms with van der Waals surface area (Å²) >= 11 is 0. The molecule has 3 nitrogen and oxygen atoms in total. The molecule has 0 saturated carbocycles. The lowest BCUT2D eigenvalue weighted by Crippen LogP contribution is -2.08. The number of carbonyl (C=O) groups is 1. The number of benzene rings is 2. The van der Waals surface area contributed by atoms with Crippen LogP contribution >= 0.6 is 0 Å². The van der Waals surface area contributed by atoms with Gasteiger partial charge in [-0.3, -0.25) is 4.79 Å². The number of ketones is 1. The molecule has 3 aromatic rings. The number of aryl methyl sites for hydroxylation is 1. The maximum Gasteiger partial charge on any atom is 0.228 e. The first-order chi connectivity index (χ1) is 10.1. The first-order valence-corrected chi connectivity index (χ1v) is 6.87. The average Bonchev–Trinajstić information content (AvgIpc) is 2.92. The lowest BCUT2D eigenvalue weighted by atomic mass is 10.1. The first kappa shape index (κ1) is 13.4. The first-order valence-electron chi connectivity index (χ1n) is 6.87. The van der Waals surface area contributed by atoms with E-state index in [9.17, 15) is 4.79 Å². The number of carbonyl (C=O) groups excluding carboxylic acids is 1. The highest BCUT2D eigenvalue weighted by Gasteiger charge is 2.15. The van der Waals surface area contributed by atoms with E-state index in [0.29, 0.717) is 11.3 Å². The fourth-order valence-corrected chi connectivity index (χ4v) is 2.37. The number of furan rings is 1. The number of rotatable bonds is 3. The molecule has 0 fully saturated rings. The van der Waals surface area contributed by atoms with Gasteiger partial charge in [0.15, 0.2) is 5.76 Å². The Balaban J connectivity index is 1.98. The largest absolute Gasteiger partial charge is 0.452 e. The summed E-state index contributed by atoms with van der Waals surface area (Å²) in [6.07, 6.45) is 0. The molecule has 1 aromatic heterocycles. The van der Waals surface area contributed by atoms with Gasteiger partial charge in [-0.2, -0.15) is 0 Å². The second-order valence-corrected chi connectivity index (χ2v) is 5.37. The average molecular weight is 279 g/mol. The third-order valence-corrected chi connectivity index (χ3v) is 3.61. The van der Waals surface area contributed by atoms with Crippen LogP contribution in [0.25, 0.3) is 11.0 Å². The van der Waals surface area contributed by atoms with Crippen LogP contribution in [0.5, 0.6) is 0 Å². The molecule has 3 rings (SSSR count). The molecular weight excluding hydrogens is 262 g/mol. The van der Waals surface area contributed by atoms with Crippen molar-refractivity contribution in [2.24, 2.45) is 0 Å². The van der Waals surface area contributed by atoms with Crippen LogP contribution < -0.4 is 4.90 Å². The molecule has 0 saturated heterocycles. The van der Waals surface area contributed by atoms with Crippen LogP contribution in [0.4, 0.5) is 5.69 Å². The van der Waals surface area contributed by atoms with Crippen molar-refractivity contribution in [3.63, 3.8) is 0 Å². The van der Waals surface area contributed by atoms with E-state index in [4.69, 9.17) is 4.42 Å². The number of para-hydroxylation sites is 1. The van der Waals surface area contributed by atoms with Crippen molar-refractivity contribution in [2.75, 3.05) is 19.0 Å². The van der Waals surface area contributed by atoms with E-state index in [1.807, 2.05) is 74.4 Å². The fraction of sp³-hybridized carbons (Fsp3) is 0.167. The molecule has 0 aliphatic heterocycles. The molecule has 0 aliphatic carbocycles. The normalized spacial score (nSPS) is 10.8. The second kappa shape index (κ2) is 5.09. The molecule has 0 atom stereocenters. The maximum atomic E-state index is 12.5. The summed E-state index contributed by atoms with van der Waals surface area (Å²) in [6.45, 7) is 1.98. The van der Waals surface area contributed by atoms with Crippen LogP contribution in [0.3, 0.4) is 0 Å². The molecule has 0 amide bonds. The highest BCUT2D eigenvalue weighted by atomic mass is 16.3. The number of fused-ring (bicyclic) bond motifs is 1. The van der Waals surface area contributed by atoms with Crippen molar-refractivity contribution < 1.29 is 9.21 Å². The van der Waals surface area contributed by atoms with Crippen LogP contribution in [0.2, 0.25) is 0 Å². The van der Waals surface area contributed by atoms with Gasteiger partial charge in [0.05, 0.1) is 0 Å². The van der Waals surface area contributed by atoms with E-state index in [-0.39, 0.29) is 5.78 Å². The smallest absolute Gasteiger partial charge is 0.228 e. The van der Waals surface area contributed by atoms with Gasteiger partial charge in [0, 0.05) is 30.7 Å². The molecular formula is C18H17NO2. The van der Waals surface area contributed by atoms with E-state index in [2.05, 4.69) is 0 Å². The highest BCUT2D eigenvalue weighted by Crippen LogP contribution is 2.24. The van der Waals surface area contributed by atoms with E-state index in [1.54, 1.807) is 0 Å². The summed E-state index contributed by atoms with van der Waals surface area (Å²) in [5, 5.41) is 0.961. The van der Waals surface area contributed by atoms with E-state index >= 15 is 0 Å². The van der Waals surface area contributed by atoms with Gasteiger partial charge in [-0.15, -0.1) is 0 Å². The molecule has 0 spiro atoms. The summed E-state index contributed by atoms with van der Waals surface area (Å²) in [5.74, 6) is 0.299. The van der Waals surface area contributed by atoms with Gasteiger partial charge in [0.25, 0.3) is 0 Å². The quantitative estimate of drug-likeness (QED) is 0.678. The molecule has 0 unspecified atom stereocenters. The summed E-state index contributed by atoms with van der Waals surface area (Å²) < 4.78 is 5.73. The minimum atomic E-state index is -0.0871. The van der Waals surface area contributed by atoms with Crippen molar-refractivity contribution in [2.45, 2.75) is 6.92 Å². The Kier molecular flexibility index (Phi) is 3.26. The van der Waals surface area contributed by atoms with Crippen molar-refractivity contribution in [1.29, 1.82) is 0 Å². The minimum Gasteiger partial charge on any atom is -0.452 e. The van der Waals surface area contributed by atoms with Gasteiger partial charge in [-0.25, -0.2) is 0 Å². The number of anilines is 1. The third kappa shape index (κ3) is 2.42. The van der Waals surface area contributed by atoms with Gasteiger partial charge < -0.3 is 9.32 Å². The molecule has 21 heavy (non-hydrogen) atoms. The predicted molar refractivity (Wildman–Crippen MR) is 85.2 cm³/mol. The Morgan fingerprint density at radius 1 is 1.05 bits per heavy atom. The lowest BCUT2D eigenvalue weighted by Gasteiger charge is -2.12. The van der Waals surface area contributed by atoms with Gasteiger partial charge in [0.1, 0.15) is 5.58 Å². The van der Waals surface area contributed by atoms with Gasteiger partial charge >= 0.3 is 0 Å². The molecule has 3 heteroatoms. The summed E-state index contributed by atoms with van der Waals surface area (Å²) in [6, 6.07) is 15.2. The standard InChI is InChI=1S/C18H17NO2/c1-12-5-4-6-14-11-16(21-18(12)14)17(20)13-7-9-15(10-8-13)19(2)3/h4-11H,1-3H3. The third-order valence-electron chi connectivity index (χ3n) is 3.61. The monoisotopic (exact) mass is 279 g/mol. The zero-order valence-electron chi connectivity index (χ0n) is 12.4.